The number of carbonyl (C=O) groups excluding carboxylic acids is 3. The van der Waals surface area contributed by atoms with Gasteiger partial charge in [0.15, 0.2) is 12.3 Å². The minimum Gasteiger partial charge on any atom is -0.469 e. The van der Waals surface area contributed by atoms with E-state index in [9.17, 15) is 14.4 Å². The van der Waals surface area contributed by atoms with Crippen molar-refractivity contribution < 1.29 is 23.7 Å². The summed E-state index contributed by atoms with van der Waals surface area (Å²) in [5.41, 5.74) is 4.72. The lowest BCUT2D eigenvalue weighted by molar-refractivity contribution is -0.428. The van der Waals surface area contributed by atoms with Crippen LogP contribution in [0.2, 0.25) is 0 Å². The summed E-state index contributed by atoms with van der Waals surface area (Å²) in [5, 5.41) is 2.92. The number of nitrogens with one attached hydrogen (secondary N) is 1. The lowest BCUT2D eigenvalue weighted by Gasteiger charge is -2.24. The molecule has 35 heavy (non-hydrogen) atoms. The maximum Gasteiger partial charge on any atom is 0.501 e. The Morgan fingerprint density at radius 3 is 2.54 bits per heavy atom. The van der Waals surface area contributed by atoms with Crippen LogP contribution in [0.3, 0.4) is 0 Å². The molecule has 0 bridgehead atoms. The zero-order valence-corrected chi connectivity index (χ0v) is 19.7. The molecule has 0 saturated heterocycles. The molecule has 0 saturated carbocycles. The molecule has 3 aromatic carbocycles. The van der Waals surface area contributed by atoms with Crippen LogP contribution in [0.15, 0.2) is 72.8 Å². The molecule has 0 aliphatic carbocycles. The quantitative estimate of drug-likeness (QED) is 0.560. The van der Waals surface area contributed by atoms with Crippen LogP contribution in [-0.2, 0) is 16.0 Å². The van der Waals surface area contributed by atoms with E-state index in [1.165, 1.54) is 9.48 Å². The zero-order valence-electron chi connectivity index (χ0n) is 19.7. The summed E-state index contributed by atoms with van der Waals surface area (Å²) in [4.78, 5) is 41.2. The number of benzene rings is 3. The second-order valence-corrected chi connectivity index (χ2v) is 8.84. The Kier molecular flexibility index (Phi) is 5.91. The topological polar surface area (TPSA) is 78.7 Å². The highest BCUT2D eigenvalue weighted by molar-refractivity contribution is 6.22. The summed E-state index contributed by atoms with van der Waals surface area (Å²) in [7, 11) is 0. The van der Waals surface area contributed by atoms with Crippen LogP contribution in [0.1, 0.15) is 22.3 Å². The van der Waals surface area contributed by atoms with Crippen LogP contribution in [-0.4, -0.2) is 52.2 Å². The van der Waals surface area contributed by atoms with Gasteiger partial charge in [-0.15, -0.1) is 0 Å². The fourth-order valence-electron chi connectivity index (χ4n) is 4.49. The number of para-hydroxylation sites is 1. The van der Waals surface area contributed by atoms with Crippen molar-refractivity contribution in [2.75, 3.05) is 18.4 Å². The number of amides is 4. The van der Waals surface area contributed by atoms with Crippen molar-refractivity contribution in [1.82, 2.24) is 4.90 Å². The minimum atomic E-state index is -0.964. The van der Waals surface area contributed by atoms with Gasteiger partial charge < -0.3 is 10.1 Å². The normalized spacial score (nSPS) is 16.6. The maximum atomic E-state index is 13.6. The average Bonchev–Trinajstić information content (AvgIpc) is 3.24. The van der Waals surface area contributed by atoms with Gasteiger partial charge in [-0.3, -0.25) is 4.79 Å². The number of hydrogen-bond acceptors (Lipinski definition) is 4. The van der Waals surface area contributed by atoms with Crippen molar-refractivity contribution >= 4 is 29.2 Å². The molecule has 0 aromatic heterocycles. The number of nitrogens with zero attached hydrogens (tertiary/aromatic N) is 2. The Morgan fingerprint density at radius 2 is 1.74 bits per heavy atom. The summed E-state index contributed by atoms with van der Waals surface area (Å²) in [6, 6.07) is 22.2. The standard InChI is InChI=1S/C28H25N3O4/c1-18-12-13-19(2)22(16-18)29-24(32)17-31-25-21-10-6-7-11-23(21)35-26(25)27(33)30(28(31)34)15-14-20-8-4-3-5-9-20/h3-13,16,26H,14-15,17H2,1-2H3/p+1. The fourth-order valence-corrected chi connectivity index (χ4v) is 4.49. The van der Waals surface area contributed by atoms with Crippen molar-refractivity contribution in [1.29, 1.82) is 0 Å². The molecule has 1 N–H and O–H groups in total. The van der Waals surface area contributed by atoms with E-state index in [-0.39, 0.29) is 19.0 Å². The Morgan fingerprint density at radius 1 is 1.00 bits per heavy atom. The number of ether oxygens (including phenoxy) is 1. The lowest BCUT2D eigenvalue weighted by Crippen LogP contribution is -2.59. The lowest BCUT2D eigenvalue weighted by atomic mass is 10.0. The third-order valence-corrected chi connectivity index (χ3v) is 6.33. The first-order valence-electron chi connectivity index (χ1n) is 11.6. The van der Waals surface area contributed by atoms with Gasteiger partial charge in [0.1, 0.15) is 12.3 Å². The Hall–Kier alpha value is -4.26. The Labute approximate surface area is 203 Å². The smallest absolute Gasteiger partial charge is 0.469 e. The number of imide groups is 1. The molecule has 5 rings (SSSR count). The Balaban J connectivity index is 1.47. The van der Waals surface area contributed by atoms with Gasteiger partial charge in [-0.1, -0.05) is 54.6 Å². The number of aryl methyl sites for hydroxylation is 2. The fraction of sp³-hybridized carbons (Fsp3) is 0.214. The van der Waals surface area contributed by atoms with E-state index in [1.807, 2.05) is 74.5 Å². The van der Waals surface area contributed by atoms with Gasteiger partial charge in [-0.25, -0.2) is 4.79 Å². The Bertz CT molecular complexity index is 1360. The van der Waals surface area contributed by atoms with Gasteiger partial charge in [-0.2, -0.15) is 14.3 Å². The van der Waals surface area contributed by atoms with E-state index in [0.29, 0.717) is 29.1 Å². The highest BCUT2D eigenvalue weighted by atomic mass is 16.5. The van der Waals surface area contributed by atoms with E-state index >= 15 is 0 Å². The molecular formula is C28H26N3O4+. The number of fused-ring (bicyclic) bond motifs is 3. The first-order valence-corrected chi connectivity index (χ1v) is 11.6. The van der Waals surface area contributed by atoms with Crippen molar-refractivity contribution in [2.45, 2.75) is 26.4 Å². The van der Waals surface area contributed by atoms with Crippen LogP contribution in [0.5, 0.6) is 5.75 Å². The number of anilines is 1. The van der Waals surface area contributed by atoms with Crippen LogP contribution in [0.25, 0.3) is 0 Å². The van der Waals surface area contributed by atoms with Gasteiger partial charge in [0, 0.05) is 12.1 Å². The summed E-state index contributed by atoms with van der Waals surface area (Å²) >= 11 is 0. The van der Waals surface area contributed by atoms with Crippen LogP contribution < -0.4 is 10.1 Å². The van der Waals surface area contributed by atoms with Crippen molar-refractivity contribution in [3.8, 4) is 5.75 Å². The summed E-state index contributed by atoms with van der Waals surface area (Å²) < 4.78 is 7.34. The second kappa shape index (κ2) is 9.18. The second-order valence-electron chi connectivity index (χ2n) is 8.84. The summed E-state index contributed by atoms with van der Waals surface area (Å²) in [5.74, 6) is -0.234. The van der Waals surface area contributed by atoms with Crippen molar-refractivity contribution in [3.63, 3.8) is 0 Å². The SMILES string of the molecule is Cc1ccc(C)c(NC(=O)C[N+]2=C3c4ccccc4OC3C(=O)N(CCc3ccccc3)C2=O)c1. The van der Waals surface area contributed by atoms with Crippen LogP contribution in [0.4, 0.5) is 10.5 Å². The molecule has 1 atom stereocenters. The molecule has 176 valence electrons. The predicted octanol–water partition coefficient (Wildman–Crippen LogP) is 3.71. The third kappa shape index (κ3) is 4.33. The van der Waals surface area contributed by atoms with E-state index in [0.717, 1.165) is 16.7 Å². The first kappa shape index (κ1) is 22.5. The number of rotatable bonds is 6. The van der Waals surface area contributed by atoms with Gasteiger partial charge in [0.05, 0.1) is 5.56 Å². The molecule has 7 heteroatoms. The average molecular weight is 469 g/mol. The van der Waals surface area contributed by atoms with Crippen LogP contribution >= 0.6 is 0 Å². The number of hydrogen-bond donors (Lipinski definition) is 1. The molecule has 0 fully saturated rings. The molecule has 2 aliphatic rings. The molecule has 7 nitrogen and oxygen atoms in total. The van der Waals surface area contributed by atoms with Crippen LogP contribution in [0, 0.1) is 13.8 Å². The van der Waals surface area contributed by atoms with Crippen molar-refractivity contribution in [3.05, 3.63) is 95.1 Å². The summed E-state index contributed by atoms with van der Waals surface area (Å²) in [6.07, 6.45) is -0.454. The molecule has 0 radical (unpaired) electrons. The minimum absolute atomic E-state index is 0.195. The highest BCUT2D eigenvalue weighted by Gasteiger charge is 2.53. The molecule has 2 aliphatic heterocycles. The molecular weight excluding hydrogens is 442 g/mol. The number of urea groups is 1. The molecule has 2 heterocycles. The maximum absolute atomic E-state index is 13.6. The highest BCUT2D eigenvalue weighted by Crippen LogP contribution is 2.32. The van der Waals surface area contributed by atoms with E-state index in [4.69, 9.17) is 4.74 Å². The van der Waals surface area contributed by atoms with Gasteiger partial charge >= 0.3 is 11.9 Å². The van der Waals surface area contributed by atoms with Gasteiger partial charge in [0.2, 0.25) is 0 Å². The zero-order chi connectivity index (χ0) is 24.5. The van der Waals surface area contributed by atoms with Gasteiger partial charge in [0.25, 0.3) is 12.0 Å². The number of carbonyl (C=O) groups is 3. The van der Waals surface area contributed by atoms with E-state index < -0.39 is 18.0 Å². The monoisotopic (exact) mass is 468 g/mol. The van der Waals surface area contributed by atoms with Gasteiger partial charge in [-0.05, 0) is 48.7 Å². The van der Waals surface area contributed by atoms with Crippen molar-refractivity contribution in [2.24, 2.45) is 0 Å². The van der Waals surface area contributed by atoms with E-state index in [1.54, 1.807) is 12.1 Å². The molecule has 4 amide bonds. The first-order chi connectivity index (χ1) is 16.9. The molecule has 1 unspecified atom stereocenters. The predicted molar refractivity (Wildman–Crippen MR) is 132 cm³/mol. The molecule has 3 aromatic rings. The van der Waals surface area contributed by atoms with E-state index in [2.05, 4.69) is 5.32 Å². The largest absolute Gasteiger partial charge is 0.501 e. The third-order valence-electron chi connectivity index (χ3n) is 6.33. The summed E-state index contributed by atoms with van der Waals surface area (Å²) in [6.45, 7) is 3.83. The molecule has 0 spiro atoms.